The second kappa shape index (κ2) is 6.74. The first kappa shape index (κ1) is 15.7. The maximum atomic E-state index is 12.4. The van der Waals surface area contributed by atoms with Crippen molar-refractivity contribution in [3.05, 3.63) is 21.4 Å². The molecule has 0 spiro atoms. The summed E-state index contributed by atoms with van der Waals surface area (Å²) in [7, 11) is 1.83. The Morgan fingerprint density at radius 1 is 1.47 bits per heavy atom. The van der Waals surface area contributed by atoms with E-state index in [0.717, 1.165) is 10.4 Å². The Labute approximate surface area is 119 Å². The van der Waals surface area contributed by atoms with E-state index in [1.54, 1.807) is 4.90 Å². The molecule has 0 fully saturated rings. The van der Waals surface area contributed by atoms with Crippen molar-refractivity contribution in [3.63, 3.8) is 0 Å². The molecule has 0 saturated carbocycles. The third-order valence-electron chi connectivity index (χ3n) is 3.31. The van der Waals surface area contributed by atoms with Gasteiger partial charge in [-0.25, -0.2) is 0 Å². The fraction of sp³-hybridized carbons (Fsp3) is 0.533. The van der Waals surface area contributed by atoms with E-state index in [1.807, 2.05) is 20.0 Å². The highest BCUT2D eigenvalue weighted by atomic mass is 32.1. The van der Waals surface area contributed by atoms with Crippen LogP contribution < -0.4 is 0 Å². The van der Waals surface area contributed by atoms with Crippen LogP contribution in [0, 0.1) is 24.7 Å². The van der Waals surface area contributed by atoms with E-state index >= 15 is 0 Å². The summed E-state index contributed by atoms with van der Waals surface area (Å²) in [5, 5.41) is 8.71. The van der Waals surface area contributed by atoms with Crippen LogP contribution >= 0.6 is 11.3 Å². The molecule has 0 bridgehead atoms. The van der Waals surface area contributed by atoms with Crippen molar-refractivity contribution in [1.82, 2.24) is 4.90 Å². The fourth-order valence-electron chi connectivity index (χ4n) is 1.64. The summed E-state index contributed by atoms with van der Waals surface area (Å²) in [5.74, 6) is 5.95. The van der Waals surface area contributed by atoms with Gasteiger partial charge in [0.15, 0.2) is 0 Å². The van der Waals surface area contributed by atoms with Crippen LogP contribution in [0.3, 0.4) is 0 Å². The van der Waals surface area contributed by atoms with Crippen LogP contribution in [0.25, 0.3) is 0 Å². The van der Waals surface area contributed by atoms with E-state index in [1.165, 1.54) is 11.3 Å². The van der Waals surface area contributed by atoms with Crippen molar-refractivity contribution >= 4 is 17.2 Å². The predicted octanol–water partition coefficient (Wildman–Crippen LogP) is 2.52. The van der Waals surface area contributed by atoms with E-state index in [4.69, 9.17) is 5.11 Å². The van der Waals surface area contributed by atoms with Crippen molar-refractivity contribution in [2.24, 2.45) is 5.92 Å². The Morgan fingerprint density at radius 3 is 2.63 bits per heavy atom. The van der Waals surface area contributed by atoms with Gasteiger partial charge in [0.05, 0.1) is 9.75 Å². The molecule has 0 aromatic carbocycles. The van der Waals surface area contributed by atoms with Gasteiger partial charge in [-0.15, -0.1) is 11.3 Å². The minimum absolute atomic E-state index is 0.0337. The minimum Gasteiger partial charge on any atom is -0.384 e. The lowest BCUT2D eigenvalue weighted by Crippen LogP contribution is -2.37. The molecule has 1 atom stereocenters. The summed E-state index contributed by atoms with van der Waals surface area (Å²) >= 11 is 1.39. The highest BCUT2D eigenvalue weighted by Crippen LogP contribution is 2.23. The van der Waals surface area contributed by atoms with Crippen LogP contribution in [0.2, 0.25) is 0 Å². The number of amides is 1. The molecule has 1 unspecified atom stereocenters. The molecule has 1 aromatic rings. The van der Waals surface area contributed by atoms with Gasteiger partial charge in [0.2, 0.25) is 0 Å². The molecule has 1 heterocycles. The maximum absolute atomic E-state index is 12.4. The molecule has 0 saturated heterocycles. The van der Waals surface area contributed by atoms with Gasteiger partial charge < -0.3 is 10.0 Å². The van der Waals surface area contributed by atoms with E-state index in [2.05, 4.69) is 32.6 Å². The standard InChI is InChI=1S/C15H21NO2S/c1-10(2)12(4)16(5)15(18)14-9-11(3)13(19-14)7-6-8-17/h9-10,12,17H,8H2,1-5H3. The Bertz CT molecular complexity index is 508. The number of carbonyl (C=O) groups is 1. The summed E-state index contributed by atoms with van der Waals surface area (Å²) in [4.78, 5) is 15.7. The van der Waals surface area contributed by atoms with Crippen LogP contribution in [-0.2, 0) is 0 Å². The quantitative estimate of drug-likeness (QED) is 0.864. The molecule has 1 rings (SSSR count). The normalized spacial score (nSPS) is 11.9. The SMILES string of the molecule is Cc1cc(C(=O)N(C)C(C)C(C)C)sc1C#CCO. The predicted molar refractivity (Wildman–Crippen MR) is 79.4 cm³/mol. The number of aliphatic hydroxyl groups excluding tert-OH is 1. The first-order chi connectivity index (χ1) is 8.88. The Balaban J connectivity index is 2.95. The number of hydrogen-bond donors (Lipinski definition) is 1. The molecular weight excluding hydrogens is 258 g/mol. The van der Waals surface area contributed by atoms with Crippen molar-refractivity contribution < 1.29 is 9.90 Å². The Hall–Kier alpha value is -1.31. The lowest BCUT2D eigenvalue weighted by molar-refractivity contribution is 0.0712. The molecule has 1 N–H and O–H groups in total. The zero-order chi connectivity index (χ0) is 14.6. The minimum atomic E-state index is -0.162. The maximum Gasteiger partial charge on any atom is 0.263 e. The van der Waals surface area contributed by atoms with Gasteiger partial charge in [0, 0.05) is 13.1 Å². The smallest absolute Gasteiger partial charge is 0.263 e. The van der Waals surface area contributed by atoms with Crippen molar-refractivity contribution in [2.45, 2.75) is 33.7 Å². The molecule has 1 aromatic heterocycles. The van der Waals surface area contributed by atoms with Gasteiger partial charge in [-0.3, -0.25) is 4.79 Å². The second-order valence-corrected chi connectivity index (χ2v) is 6.04. The van der Waals surface area contributed by atoms with Crippen LogP contribution in [0.5, 0.6) is 0 Å². The Morgan fingerprint density at radius 2 is 2.11 bits per heavy atom. The number of hydrogen-bond acceptors (Lipinski definition) is 3. The number of aryl methyl sites for hydroxylation is 1. The van der Waals surface area contributed by atoms with Crippen LogP contribution in [0.4, 0.5) is 0 Å². The average molecular weight is 279 g/mol. The second-order valence-electron chi connectivity index (χ2n) is 4.98. The molecule has 4 heteroatoms. The molecule has 104 valence electrons. The summed E-state index contributed by atoms with van der Waals surface area (Å²) in [5.41, 5.74) is 0.986. The lowest BCUT2D eigenvalue weighted by atomic mass is 10.1. The van der Waals surface area contributed by atoms with Crippen molar-refractivity contribution in [2.75, 3.05) is 13.7 Å². The zero-order valence-corrected chi connectivity index (χ0v) is 13.0. The van der Waals surface area contributed by atoms with E-state index < -0.39 is 0 Å². The summed E-state index contributed by atoms with van der Waals surface area (Å²) in [6.07, 6.45) is 0. The highest BCUT2D eigenvalue weighted by molar-refractivity contribution is 7.14. The zero-order valence-electron chi connectivity index (χ0n) is 12.2. The molecule has 3 nitrogen and oxygen atoms in total. The molecule has 0 aliphatic heterocycles. The van der Waals surface area contributed by atoms with E-state index in [0.29, 0.717) is 10.8 Å². The van der Waals surface area contributed by atoms with Gasteiger partial charge >= 0.3 is 0 Å². The number of thiophene rings is 1. The van der Waals surface area contributed by atoms with E-state index in [9.17, 15) is 4.79 Å². The number of aliphatic hydroxyl groups is 1. The van der Waals surface area contributed by atoms with Gasteiger partial charge in [-0.2, -0.15) is 0 Å². The molecule has 0 aliphatic rings. The summed E-state index contributed by atoms with van der Waals surface area (Å²) in [6.45, 7) is 8.03. The van der Waals surface area contributed by atoms with Gasteiger partial charge in [0.1, 0.15) is 6.61 Å². The van der Waals surface area contributed by atoms with Gasteiger partial charge in [0.25, 0.3) is 5.91 Å². The average Bonchev–Trinajstić information content (AvgIpc) is 2.74. The topological polar surface area (TPSA) is 40.5 Å². The van der Waals surface area contributed by atoms with Crippen LogP contribution in [0.15, 0.2) is 6.07 Å². The highest BCUT2D eigenvalue weighted by Gasteiger charge is 2.21. The first-order valence-electron chi connectivity index (χ1n) is 6.35. The van der Waals surface area contributed by atoms with Crippen molar-refractivity contribution in [3.8, 4) is 11.8 Å². The van der Waals surface area contributed by atoms with Crippen LogP contribution in [0.1, 0.15) is 40.9 Å². The first-order valence-corrected chi connectivity index (χ1v) is 7.17. The largest absolute Gasteiger partial charge is 0.384 e. The number of rotatable bonds is 3. The Kier molecular flexibility index (Phi) is 5.59. The van der Waals surface area contributed by atoms with E-state index in [-0.39, 0.29) is 18.6 Å². The summed E-state index contributed by atoms with van der Waals surface area (Å²) < 4.78 is 0. The lowest BCUT2D eigenvalue weighted by Gasteiger charge is -2.27. The molecule has 0 radical (unpaired) electrons. The monoisotopic (exact) mass is 279 g/mol. The third-order valence-corrected chi connectivity index (χ3v) is 4.45. The van der Waals surface area contributed by atoms with Gasteiger partial charge in [-0.05, 0) is 31.4 Å². The molecule has 0 aliphatic carbocycles. The van der Waals surface area contributed by atoms with Crippen LogP contribution in [-0.4, -0.2) is 35.6 Å². The molecule has 19 heavy (non-hydrogen) atoms. The third kappa shape index (κ3) is 3.82. The van der Waals surface area contributed by atoms with Crippen molar-refractivity contribution in [1.29, 1.82) is 0 Å². The number of nitrogens with zero attached hydrogens (tertiary/aromatic N) is 1. The molecular formula is C15H21NO2S. The van der Waals surface area contributed by atoms with Gasteiger partial charge in [-0.1, -0.05) is 25.7 Å². The number of carbonyl (C=O) groups excluding carboxylic acids is 1. The molecule has 1 amide bonds. The fourth-order valence-corrected chi connectivity index (χ4v) is 2.67. The summed E-state index contributed by atoms with van der Waals surface area (Å²) in [6, 6.07) is 2.07.